The number of para-hydroxylation sites is 1. The van der Waals surface area contributed by atoms with E-state index in [9.17, 15) is 13.2 Å². The Morgan fingerprint density at radius 3 is 2.49 bits per heavy atom. The molecule has 1 atom stereocenters. The van der Waals surface area contributed by atoms with Crippen molar-refractivity contribution < 1.29 is 17.9 Å². The monoisotopic (exact) mass is 550 g/mol. The summed E-state index contributed by atoms with van der Waals surface area (Å²) >= 11 is 1.71. The molecule has 0 bridgehead atoms. The summed E-state index contributed by atoms with van der Waals surface area (Å²) in [5, 5.41) is 14.2. The van der Waals surface area contributed by atoms with Gasteiger partial charge in [0.25, 0.3) is 0 Å². The number of anilines is 1. The van der Waals surface area contributed by atoms with Gasteiger partial charge in [0.05, 0.1) is 11.9 Å². The lowest BCUT2D eigenvalue weighted by atomic mass is 10.1. The number of alkyl halides is 3. The molecule has 200 valence electrons. The maximum atomic E-state index is 12.4. The summed E-state index contributed by atoms with van der Waals surface area (Å²) in [4.78, 5) is 6.60. The molecule has 3 aromatic carbocycles. The Morgan fingerprint density at radius 2 is 1.79 bits per heavy atom. The van der Waals surface area contributed by atoms with Crippen LogP contribution < -0.4 is 9.64 Å². The lowest BCUT2D eigenvalue weighted by Crippen LogP contribution is -2.33. The third-order valence-corrected chi connectivity index (χ3v) is 7.26. The van der Waals surface area contributed by atoms with Gasteiger partial charge in [-0.05, 0) is 54.8 Å². The number of thioether (sulfide) groups is 1. The van der Waals surface area contributed by atoms with E-state index in [1.807, 2.05) is 36.4 Å². The highest BCUT2D eigenvalue weighted by molar-refractivity contribution is 8.14. The molecule has 39 heavy (non-hydrogen) atoms. The minimum absolute atomic E-state index is 0.298. The highest BCUT2D eigenvalue weighted by Crippen LogP contribution is 2.33. The summed E-state index contributed by atoms with van der Waals surface area (Å²) in [6.07, 6.45) is -0.499. The van der Waals surface area contributed by atoms with E-state index in [0.29, 0.717) is 17.6 Å². The van der Waals surface area contributed by atoms with E-state index in [1.54, 1.807) is 18.0 Å². The number of aromatic nitrogens is 3. The quantitative estimate of drug-likeness (QED) is 0.186. The number of hydrogen-bond donors (Lipinski definition) is 0. The first-order valence-corrected chi connectivity index (χ1v) is 13.3. The molecule has 4 aromatic rings. The van der Waals surface area contributed by atoms with E-state index in [1.165, 1.54) is 40.8 Å². The molecule has 5 rings (SSSR count). The fraction of sp³-hybridized carbons (Fsp3) is 0.214. The van der Waals surface area contributed by atoms with Crippen LogP contribution in [-0.2, 0) is 0 Å². The molecule has 1 aliphatic heterocycles. The largest absolute Gasteiger partial charge is 0.573 e. The Labute approximate surface area is 228 Å². The highest BCUT2D eigenvalue weighted by Gasteiger charge is 2.32. The van der Waals surface area contributed by atoms with Crippen molar-refractivity contribution in [2.75, 3.05) is 10.7 Å². The highest BCUT2D eigenvalue weighted by atomic mass is 32.2. The van der Waals surface area contributed by atoms with Gasteiger partial charge in [0, 0.05) is 23.0 Å². The number of rotatable bonds is 7. The summed E-state index contributed by atoms with van der Waals surface area (Å²) < 4.78 is 42.5. The predicted molar refractivity (Wildman–Crippen MR) is 149 cm³/mol. The summed E-state index contributed by atoms with van der Waals surface area (Å²) in [6.45, 7) is 4.29. The third-order valence-electron chi connectivity index (χ3n) is 6.17. The minimum atomic E-state index is -4.74. The van der Waals surface area contributed by atoms with Crippen LogP contribution >= 0.6 is 11.8 Å². The smallest absolute Gasteiger partial charge is 0.406 e. The number of nitrogens with zero attached hydrogens (tertiary/aromatic N) is 6. The molecule has 1 aromatic heterocycles. The maximum Gasteiger partial charge on any atom is 0.573 e. The van der Waals surface area contributed by atoms with Crippen LogP contribution in [0.25, 0.3) is 17.1 Å². The summed E-state index contributed by atoms with van der Waals surface area (Å²) in [6, 6.07) is 21.7. The van der Waals surface area contributed by atoms with E-state index in [2.05, 4.69) is 55.9 Å². The maximum absolute atomic E-state index is 12.4. The molecule has 1 fully saturated rings. The van der Waals surface area contributed by atoms with Crippen molar-refractivity contribution in [3.05, 3.63) is 90.3 Å². The molecule has 1 unspecified atom stereocenters. The zero-order chi connectivity index (χ0) is 27.4. The Bertz CT molecular complexity index is 1480. The average Bonchev–Trinajstić information content (AvgIpc) is 3.57. The Morgan fingerprint density at radius 1 is 1.05 bits per heavy atom. The van der Waals surface area contributed by atoms with Gasteiger partial charge < -0.3 is 9.64 Å². The van der Waals surface area contributed by atoms with Crippen LogP contribution in [0.2, 0.25) is 0 Å². The Kier molecular flexibility index (Phi) is 7.69. The second-order valence-electron chi connectivity index (χ2n) is 8.83. The predicted octanol–water partition coefficient (Wildman–Crippen LogP) is 6.86. The van der Waals surface area contributed by atoms with E-state index < -0.39 is 6.36 Å². The number of benzene rings is 3. The normalized spacial score (nSPS) is 16.9. The second kappa shape index (κ2) is 11.3. The topological polar surface area (TPSA) is 67.9 Å². The van der Waals surface area contributed by atoms with Crippen LogP contribution in [-0.4, -0.2) is 44.3 Å². The molecule has 2 heterocycles. The Balaban J connectivity index is 1.27. The van der Waals surface area contributed by atoms with Gasteiger partial charge in [-0.25, -0.2) is 9.67 Å². The van der Waals surface area contributed by atoms with E-state index in [-0.39, 0.29) is 5.75 Å². The number of halogens is 3. The summed E-state index contributed by atoms with van der Waals surface area (Å²) in [7, 11) is 0. The van der Waals surface area contributed by atoms with Gasteiger partial charge in [0.1, 0.15) is 12.1 Å². The van der Waals surface area contributed by atoms with Crippen LogP contribution in [0.3, 0.4) is 0 Å². The van der Waals surface area contributed by atoms with Gasteiger partial charge in [-0.3, -0.25) is 0 Å². The molecule has 0 amide bonds. The number of amidine groups is 1. The summed E-state index contributed by atoms with van der Waals surface area (Å²) in [5.74, 6) is 1.16. The molecular formula is C28H25F3N6OS. The first kappa shape index (κ1) is 26.5. The molecule has 11 heteroatoms. The molecule has 0 saturated carbocycles. The van der Waals surface area contributed by atoms with Gasteiger partial charge in [-0.1, -0.05) is 61.2 Å². The van der Waals surface area contributed by atoms with E-state index in [0.717, 1.165) is 34.2 Å². The van der Waals surface area contributed by atoms with Gasteiger partial charge in [0.2, 0.25) is 0 Å². The fourth-order valence-corrected chi connectivity index (χ4v) is 5.38. The molecule has 0 aliphatic carbocycles. The average molecular weight is 551 g/mol. The first-order chi connectivity index (χ1) is 18.8. The molecule has 7 nitrogen and oxygen atoms in total. The zero-order valence-electron chi connectivity index (χ0n) is 21.2. The van der Waals surface area contributed by atoms with Gasteiger partial charge in [-0.2, -0.15) is 5.10 Å². The van der Waals surface area contributed by atoms with Crippen LogP contribution in [0.5, 0.6) is 5.75 Å². The molecular weight excluding hydrogens is 525 g/mol. The minimum Gasteiger partial charge on any atom is -0.406 e. The molecule has 1 aliphatic rings. The Hall–Kier alpha value is -4.12. The van der Waals surface area contributed by atoms with Crippen molar-refractivity contribution in [3.8, 4) is 22.8 Å². The molecule has 0 radical (unpaired) electrons. The van der Waals surface area contributed by atoms with Crippen molar-refractivity contribution >= 4 is 28.8 Å². The van der Waals surface area contributed by atoms with Gasteiger partial charge in [-0.15, -0.1) is 23.4 Å². The zero-order valence-corrected chi connectivity index (χ0v) is 22.0. The standard InChI is InChI=1S/C28H25F3N6OS/c1-3-22-17-39-27(37(22)25-7-5-4-6-19(25)2)34-33-16-20-8-10-21(11-9-20)26-32-18-36(35-26)23-12-14-24(15-13-23)38-28(29,30)31/h4-16,18,22H,3,17H2,1-2H3/b33-16+,34-27-. The van der Waals surface area contributed by atoms with Crippen LogP contribution in [0.1, 0.15) is 24.5 Å². The van der Waals surface area contributed by atoms with Gasteiger partial charge >= 0.3 is 6.36 Å². The van der Waals surface area contributed by atoms with E-state index >= 15 is 0 Å². The molecule has 0 spiro atoms. The second-order valence-corrected chi connectivity index (χ2v) is 9.82. The SMILES string of the molecule is CCC1CS/C(=N\N=C\c2ccc(-c3ncn(-c4ccc(OC(F)(F)F)cc4)n3)cc2)N1c1ccccc1C. The van der Waals surface area contributed by atoms with Crippen molar-refractivity contribution in [1.29, 1.82) is 0 Å². The third kappa shape index (κ3) is 6.31. The van der Waals surface area contributed by atoms with Crippen molar-refractivity contribution in [2.45, 2.75) is 32.7 Å². The lowest BCUT2D eigenvalue weighted by Gasteiger charge is -2.26. The van der Waals surface area contributed by atoms with Gasteiger partial charge in [0.15, 0.2) is 11.0 Å². The number of aryl methyl sites for hydroxylation is 1. The van der Waals surface area contributed by atoms with Crippen molar-refractivity contribution in [2.24, 2.45) is 10.2 Å². The number of ether oxygens (including phenoxy) is 1. The summed E-state index contributed by atoms with van der Waals surface area (Å²) in [5.41, 5.74) is 4.58. The van der Waals surface area contributed by atoms with Crippen molar-refractivity contribution in [1.82, 2.24) is 14.8 Å². The molecule has 1 saturated heterocycles. The van der Waals surface area contributed by atoms with Crippen LogP contribution in [0.15, 0.2) is 89.3 Å². The lowest BCUT2D eigenvalue weighted by molar-refractivity contribution is -0.274. The number of hydrogen-bond acceptors (Lipinski definition) is 6. The molecule has 0 N–H and O–H groups in total. The van der Waals surface area contributed by atoms with Crippen molar-refractivity contribution in [3.63, 3.8) is 0 Å². The van der Waals surface area contributed by atoms with Crippen LogP contribution in [0.4, 0.5) is 18.9 Å². The van der Waals surface area contributed by atoms with E-state index in [4.69, 9.17) is 0 Å². The fourth-order valence-electron chi connectivity index (χ4n) is 4.17. The van der Waals surface area contributed by atoms with Crippen LogP contribution in [0, 0.1) is 6.92 Å². The first-order valence-electron chi connectivity index (χ1n) is 12.3.